The van der Waals surface area contributed by atoms with Crippen molar-refractivity contribution in [1.82, 2.24) is 14.7 Å². The van der Waals surface area contributed by atoms with E-state index >= 15 is 0 Å². The fraction of sp³-hybridized carbons (Fsp3) is 0.545. The van der Waals surface area contributed by atoms with E-state index in [-0.39, 0.29) is 12.5 Å². The van der Waals surface area contributed by atoms with Crippen LogP contribution in [0.2, 0.25) is 0 Å². The normalized spacial score (nSPS) is 16.2. The summed E-state index contributed by atoms with van der Waals surface area (Å²) in [6.07, 6.45) is 7.88. The third kappa shape index (κ3) is 3.86. The fourth-order valence-electron chi connectivity index (χ4n) is 4.52. The van der Waals surface area contributed by atoms with Crippen LogP contribution >= 0.6 is 0 Å². The summed E-state index contributed by atoms with van der Waals surface area (Å²) in [7, 11) is 3.65. The molecule has 1 aromatic heterocycles. The highest BCUT2D eigenvalue weighted by Gasteiger charge is 2.30. The van der Waals surface area contributed by atoms with Crippen molar-refractivity contribution in [2.24, 2.45) is 7.05 Å². The van der Waals surface area contributed by atoms with Crippen LogP contribution in [0.25, 0.3) is 0 Å². The van der Waals surface area contributed by atoms with Gasteiger partial charge in [0.15, 0.2) is 6.61 Å². The van der Waals surface area contributed by atoms with Gasteiger partial charge in [-0.3, -0.25) is 9.48 Å². The highest BCUT2D eigenvalue weighted by atomic mass is 16.5. The summed E-state index contributed by atoms with van der Waals surface area (Å²) in [4.78, 5) is 15.1. The molecule has 6 nitrogen and oxygen atoms in total. The van der Waals surface area contributed by atoms with Crippen molar-refractivity contribution in [3.05, 3.63) is 41.2 Å². The molecule has 0 bridgehead atoms. The first-order valence-corrected chi connectivity index (χ1v) is 10.3. The maximum atomic E-state index is 13.1. The van der Waals surface area contributed by atoms with Gasteiger partial charge in [-0.15, -0.1) is 0 Å². The molecule has 1 saturated carbocycles. The zero-order chi connectivity index (χ0) is 19.5. The first-order valence-electron chi connectivity index (χ1n) is 10.3. The number of carbonyl (C=O) groups excluding carboxylic acids is 1. The average molecular weight is 383 g/mol. The number of aryl methyl sites for hydroxylation is 1. The number of fused-ring (bicyclic) bond motifs is 1. The molecule has 0 atom stereocenters. The maximum Gasteiger partial charge on any atom is 0.261 e. The quantitative estimate of drug-likeness (QED) is 0.736. The standard InChI is InChI=1S/C22H29N3O3/c1-24-21-9-5-8-19(21)20(23-24)14-25(16-6-3-4-7-16)22(26)15-28-18-12-10-17(27-2)11-13-18/h10-13,16H,3-9,14-15H2,1-2H3. The summed E-state index contributed by atoms with van der Waals surface area (Å²) in [5.74, 6) is 1.50. The summed E-state index contributed by atoms with van der Waals surface area (Å²) < 4.78 is 12.9. The molecular weight excluding hydrogens is 354 g/mol. The fourth-order valence-corrected chi connectivity index (χ4v) is 4.52. The highest BCUT2D eigenvalue weighted by molar-refractivity contribution is 5.78. The van der Waals surface area contributed by atoms with Gasteiger partial charge in [-0.05, 0) is 61.9 Å². The van der Waals surface area contributed by atoms with E-state index in [1.807, 2.05) is 40.9 Å². The lowest BCUT2D eigenvalue weighted by Crippen LogP contribution is -2.41. The van der Waals surface area contributed by atoms with Gasteiger partial charge in [0.25, 0.3) is 5.91 Å². The molecule has 0 saturated heterocycles. The van der Waals surface area contributed by atoms with Gasteiger partial charge < -0.3 is 14.4 Å². The SMILES string of the molecule is COc1ccc(OCC(=O)N(Cc2nn(C)c3c2CCC3)C2CCCC2)cc1. The predicted molar refractivity (Wildman–Crippen MR) is 107 cm³/mol. The van der Waals surface area contributed by atoms with Crippen molar-refractivity contribution in [1.29, 1.82) is 0 Å². The molecule has 1 fully saturated rings. The largest absolute Gasteiger partial charge is 0.497 e. The second-order valence-electron chi connectivity index (χ2n) is 7.77. The minimum atomic E-state index is 0.0418. The van der Waals surface area contributed by atoms with E-state index in [0.29, 0.717) is 18.3 Å². The molecule has 2 aliphatic carbocycles. The third-order valence-corrected chi connectivity index (χ3v) is 6.03. The number of aromatic nitrogens is 2. The average Bonchev–Trinajstić information content (AvgIpc) is 3.45. The topological polar surface area (TPSA) is 56.6 Å². The van der Waals surface area contributed by atoms with Crippen LogP contribution in [-0.2, 0) is 31.2 Å². The van der Waals surface area contributed by atoms with Crippen LogP contribution < -0.4 is 9.47 Å². The molecule has 4 rings (SSSR count). The number of carbonyl (C=O) groups is 1. The molecule has 0 unspecified atom stereocenters. The summed E-state index contributed by atoms with van der Waals surface area (Å²) in [5.41, 5.74) is 3.76. The number of ether oxygens (including phenoxy) is 2. The summed E-state index contributed by atoms with van der Waals surface area (Å²) in [6.45, 7) is 0.649. The Morgan fingerprint density at radius 1 is 1.14 bits per heavy atom. The zero-order valence-corrected chi connectivity index (χ0v) is 16.8. The van der Waals surface area contributed by atoms with Crippen LogP contribution in [0.15, 0.2) is 24.3 Å². The molecule has 6 heteroatoms. The minimum Gasteiger partial charge on any atom is -0.497 e. The van der Waals surface area contributed by atoms with Crippen LogP contribution in [0.1, 0.15) is 49.1 Å². The Labute approximate surface area is 166 Å². The van der Waals surface area contributed by atoms with Crippen LogP contribution in [-0.4, -0.2) is 40.3 Å². The summed E-state index contributed by atoms with van der Waals surface area (Å²) in [6, 6.07) is 7.64. The number of amides is 1. The smallest absolute Gasteiger partial charge is 0.261 e. The van der Waals surface area contributed by atoms with E-state index in [2.05, 4.69) is 0 Å². The predicted octanol–water partition coefficient (Wildman–Crippen LogP) is 3.27. The zero-order valence-electron chi connectivity index (χ0n) is 16.8. The van der Waals surface area contributed by atoms with Crippen LogP contribution in [0.5, 0.6) is 11.5 Å². The van der Waals surface area contributed by atoms with Crippen molar-refractivity contribution < 1.29 is 14.3 Å². The Morgan fingerprint density at radius 3 is 2.57 bits per heavy atom. The van der Waals surface area contributed by atoms with Gasteiger partial charge in [0.05, 0.1) is 19.3 Å². The van der Waals surface area contributed by atoms with Gasteiger partial charge in [-0.2, -0.15) is 5.10 Å². The number of methoxy groups -OCH3 is 1. The summed E-state index contributed by atoms with van der Waals surface area (Å²) >= 11 is 0. The Balaban J connectivity index is 1.46. The second kappa shape index (κ2) is 8.25. The molecule has 0 spiro atoms. The van der Waals surface area contributed by atoms with E-state index in [4.69, 9.17) is 14.6 Å². The lowest BCUT2D eigenvalue weighted by molar-refractivity contribution is -0.136. The molecule has 0 radical (unpaired) electrons. The third-order valence-electron chi connectivity index (χ3n) is 6.03. The molecule has 1 aromatic carbocycles. The Kier molecular flexibility index (Phi) is 5.55. The van der Waals surface area contributed by atoms with E-state index < -0.39 is 0 Å². The number of benzene rings is 1. The molecule has 2 aromatic rings. The van der Waals surface area contributed by atoms with E-state index in [1.54, 1.807) is 7.11 Å². The molecule has 28 heavy (non-hydrogen) atoms. The molecule has 1 amide bonds. The van der Waals surface area contributed by atoms with E-state index in [9.17, 15) is 4.79 Å². The van der Waals surface area contributed by atoms with Gasteiger partial charge in [-0.1, -0.05) is 12.8 Å². The lowest BCUT2D eigenvalue weighted by atomic mass is 10.1. The molecule has 150 valence electrons. The van der Waals surface area contributed by atoms with Crippen LogP contribution in [0.3, 0.4) is 0 Å². The molecule has 0 aliphatic heterocycles. The Morgan fingerprint density at radius 2 is 1.86 bits per heavy atom. The van der Waals surface area contributed by atoms with E-state index in [0.717, 1.165) is 37.1 Å². The number of rotatable bonds is 7. The van der Waals surface area contributed by atoms with Crippen molar-refractivity contribution in [2.75, 3.05) is 13.7 Å². The van der Waals surface area contributed by atoms with Gasteiger partial charge in [0.1, 0.15) is 11.5 Å². The first-order chi connectivity index (χ1) is 13.7. The maximum absolute atomic E-state index is 13.1. The lowest BCUT2D eigenvalue weighted by Gasteiger charge is -2.28. The van der Waals surface area contributed by atoms with Crippen LogP contribution in [0.4, 0.5) is 0 Å². The monoisotopic (exact) mass is 383 g/mol. The molecule has 1 heterocycles. The van der Waals surface area contributed by atoms with Gasteiger partial charge >= 0.3 is 0 Å². The molecule has 2 aliphatic rings. The van der Waals surface area contributed by atoms with Crippen LogP contribution in [0, 0.1) is 0 Å². The van der Waals surface area contributed by atoms with Gasteiger partial charge in [0.2, 0.25) is 0 Å². The Bertz CT molecular complexity index is 822. The van der Waals surface area contributed by atoms with Gasteiger partial charge in [-0.25, -0.2) is 0 Å². The molecule has 0 N–H and O–H groups in total. The van der Waals surface area contributed by atoms with Crippen molar-refractivity contribution in [3.63, 3.8) is 0 Å². The highest BCUT2D eigenvalue weighted by Crippen LogP contribution is 2.29. The number of nitrogens with zero attached hydrogens (tertiary/aromatic N) is 3. The number of hydrogen-bond donors (Lipinski definition) is 0. The summed E-state index contributed by atoms with van der Waals surface area (Å²) in [5, 5.41) is 4.73. The number of hydrogen-bond acceptors (Lipinski definition) is 4. The van der Waals surface area contributed by atoms with Crippen molar-refractivity contribution in [2.45, 2.75) is 57.5 Å². The van der Waals surface area contributed by atoms with Crippen molar-refractivity contribution in [3.8, 4) is 11.5 Å². The molecular formula is C22H29N3O3. The second-order valence-corrected chi connectivity index (χ2v) is 7.77. The van der Waals surface area contributed by atoms with Crippen molar-refractivity contribution >= 4 is 5.91 Å². The Hall–Kier alpha value is -2.50. The van der Waals surface area contributed by atoms with E-state index in [1.165, 1.54) is 30.5 Å². The first kappa shape index (κ1) is 18.8. The minimum absolute atomic E-state index is 0.0418. The van der Waals surface area contributed by atoms with Gasteiger partial charge in [0, 0.05) is 18.8 Å².